The first kappa shape index (κ1) is 20.8. The molecular weight excluding hydrogens is 340 g/mol. The minimum atomic E-state index is -1.07. The molecule has 1 spiro atoms. The number of hydrogen-bond acceptors (Lipinski definition) is 5. The highest BCUT2D eigenvalue weighted by Gasteiger charge is 2.46. The van der Waals surface area contributed by atoms with Crippen LogP contribution in [0.1, 0.15) is 60.3 Å². The summed E-state index contributed by atoms with van der Waals surface area (Å²) in [5.74, 6) is 0. The van der Waals surface area contributed by atoms with Gasteiger partial charge in [-0.05, 0) is 59.3 Å². The molecule has 0 aromatic carbocycles. The van der Waals surface area contributed by atoms with Crippen LogP contribution in [0, 0.1) is 5.41 Å². The minimum absolute atomic E-state index is 0.139. The quantitative estimate of drug-likeness (QED) is 0.766. The maximum atomic E-state index is 12.2. The Bertz CT molecular complexity index is 470. The number of ether oxygens (including phenoxy) is 2. The number of nitrogens with zero attached hydrogens (tertiary/aromatic N) is 1. The molecule has 0 aliphatic carbocycles. The van der Waals surface area contributed by atoms with Crippen LogP contribution in [0.3, 0.4) is 0 Å². The van der Waals surface area contributed by atoms with E-state index in [9.17, 15) is 9.35 Å². The van der Waals surface area contributed by atoms with Gasteiger partial charge in [0.05, 0.1) is 12.7 Å². The monoisotopic (exact) mass is 374 g/mol. The standard InChI is InChI=1S/C18H34N2O4S/c1-16(2,3)24-15(21)20-9-7-18(8-10-20)12-14(23-13-18)11-17(4,5)25(22)19-6/h14,19H,7-13H2,1-6H3/t14-,25?/m0/s1. The fourth-order valence-corrected chi connectivity index (χ4v) is 4.66. The van der Waals surface area contributed by atoms with E-state index < -0.39 is 17.0 Å². The summed E-state index contributed by atoms with van der Waals surface area (Å²) in [6.45, 7) is 11.9. The highest BCUT2D eigenvalue weighted by molar-refractivity contribution is 7.90. The molecule has 2 aliphatic heterocycles. The third kappa shape index (κ3) is 5.49. The van der Waals surface area contributed by atoms with Crippen LogP contribution in [0.25, 0.3) is 0 Å². The van der Waals surface area contributed by atoms with Gasteiger partial charge in [-0.15, -0.1) is 4.72 Å². The van der Waals surface area contributed by atoms with Crippen molar-refractivity contribution in [3.63, 3.8) is 0 Å². The van der Waals surface area contributed by atoms with Gasteiger partial charge in [-0.1, -0.05) is 0 Å². The highest BCUT2D eigenvalue weighted by Crippen LogP contribution is 2.44. The van der Waals surface area contributed by atoms with E-state index in [0.717, 1.165) is 45.4 Å². The zero-order valence-electron chi connectivity index (χ0n) is 16.5. The van der Waals surface area contributed by atoms with E-state index in [0.29, 0.717) is 0 Å². The second-order valence-electron chi connectivity index (χ2n) is 9.04. The number of hydrogen-bond donors (Lipinski definition) is 1. The van der Waals surface area contributed by atoms with Gasteiger partial charge >= 0.3 is 6.09 Å². The fourth-order valence-electron chi connectivity index (χ4n) is 3.77. The van der Waals surface area contributed by atoms with Gasteiger partial charge in [0.15, 0.2) is 0 Å². The van der Waals surface area contributed by atoms with Crippen LogP contribution in [-0.2, 0) is 20.8 Å². The molecule has 0 aromatic heterocycles. The van der Waals surface area contributed by atoms with Crippen LogP contribution in [0.4, 0.5) is 4.79 Å². The molecule has 25 heavy (non-hydrogen) atoms. The van der Waals surface area contributed by atoms with E-state index in [1.54, 1.807) is 7.05 Å². The Morgan fingerprint density at radius 1 is 1.32 bits per heavy atom. The molecule has 1 N–H and O–H groups in total. The van der Waals surface area contributed by atoms with Crippen LogP contribution in [0.5, 0.6) is 0 Å². The first-order chi connectivity index (χ1) is 11.5. The summed E-state index contributed by atoms with van der Waals surface area (Å²) in [5, 5.41) is 0. The molecule has 2 aliphatic rings. The molecule has 2 saturated heterocycles. The number of carbonyl (C=O) groups is 1. The Kier molecular flexibility index (Phi) is 6.35. The summed E-state index contributed by atoms with van der Waals surface area (Å²) in [6, 6.07) is 0. The van der Waals surface area contributed by atoms with Crippen molar-refractivity contribution in [2.45, 2.75) is 76.8 Å². The molecule has 1 unspecified atom stereocenters. The summed E-state index contributed by atoms with van der Waals surface area (Å²) in [7, 11) is 1.72. The zero-order valence-corrected chi connectivity index (χ0v) is 17.3. The van der Waals surface area contributed by atoms with Crippen molar-refractivity contribution < 1.29 is 18.8 Å². The molecule has 2 heterocycles. The molecule has 0 saturated carbocycles. The molecule has 0 aromatic rings. The van der Waals surface area contributed by atoms with Gasteiger partial charge < -0.3 is 18.9 Å². The van der Waals surface area contributed by atoms with Gasteiger partial charge in [0, 0.05) is 37.9 Å². The van der Waals surface area contributed by atoms with Crippen LogP contribution in [0.15, 0.2) is 0 Å². The van der Waals surface area contributed by atoms with E-state index in [2.05, 4.69) is 4.72 Å². The Morgan fingerprint density at radius 3 is 2.44 bits per heavy atom. The Hall–Kier alpha value is -0.500. The van der Waals surface area contributed by atoms with Crippen molar-refractivity contribution in [1.29, 1.82) is 0 Å². The average Bonchev–Trinajstić information content (AvgIpc) is 2.87. The molecule has 2 rings (SSSR count). The lowest BCUT2D eigenvalue weighted by atomic mass is 9.76. The number of piperidine rings is 1. The number of carbonyl (C=O) groups excluding carboxylic acids is 1. The van der Waals surface area contributed by atoms with Crippen LogP contribution in [0.2, 0.25) is 0 Å². The van der Waals surface area contributed by atoms with Crippen molar-refractivity contribution in [1.82, 2.24) is 9.62 Å². The number of amides is 1. The summed E-state index contributed by atoms with van der Waals surface area (Å²) in [4.78, 5) is 14.0. The SMILES string of the molecule is CN[S+]([O-])C(C)(C)C[C@H]1CC2(CCN(C(=O)OC(C)(C)C)CC2)CO1. The Balaban J connectivity index is 1.85. The molecule has 2 fully saturated rings. The normalized spacial score (nSPS) is 25.2. The van der Waals surface area contributed by atoms with E-state index >= 15 is 0 Å². The minimum Gasteiger partial charge on any atom is -0.598 e. The fraction of sp³-hybridized carbons (Fsp3) is 0.944. The van der Waals surface area contributed by atoms with Gasteiger partial charge in [0.25, 0.3) is 0 Å². The van der Waals surface area contributed by atoms with Crippen molar-refractivity contribution in [3.05, 3.63) is 0 Å². The topological polar surface area (TPSA) is 73.9 Å². The summed E-state index contributed by atoms with van der Waals surface area (Å²) >= 11 is -1.07. The molecule has 146 valence electrons. The third-order valence-corrected chi connectivity index (χ3v) is 6.71. The molecular formula is C18H34N2O4S. The van der Waals surface area contributed by atoms with Crippen LogP contribution < -0.4 is 4.72 Å². The van der Waals surface area contributed by atoms with Gasteiger partial charge in [-0.25, -0.2) is 4.79 Å². The summed E-state index contributed by atoms with van der Waals surface area (Å²) < 4.78 is 26.2. The molecule has 1 amide bonds. The predicted molar refractivity (Wildman–Crippen MR) is 99.7 cm³/mol. The first-order valence-corrected chi connectivity index (χ1v) is 10.3. The van der Waals surface area contributed by atoms with Crippen molar-refractivity contribution in [2.75, 3.05) is 26.7 Å². The van der Waals surface area contributed by atoms with Gasteiger partial charge in [-0.2, -0.15) is 0 Å². The maximum Gasteiger partial charge on any atom is 0.410 e. The summed E-state index contributed by atoms with van der Waals surface area (Å²) in [5.41, 5.74) is -0.303. The first-order valence-electron chi connectivity index (χ1n) is 9.15. The molecule has 0 radical (unpaired) electrons. The lowest BCUT2D eigenvalue weighted by Gasteiger charge is -2.39. The Morgan fingerprint density at radius 2 is 1.92 bits per heavy atom. The lowest BCUT2D eigenvalue weighted by Crippen LogP contribution is -2.45. The molecule has 7 heteroatoms. The van der Waals surface area contributed by atoms with Gasteiger partial charge in [0.1, 0.15) is 10.3 Å². The highest BCUT2D eigenvalue weighted by atomic mass is 32.2. The van der Waals surface area contributed by atoms with Gasteiger partial charge in [-0.3, -0.25) is 0 Å². The van der Waals surface area contributed by atoms with E-state index in [-0.39, 0.29) is 22.4 Å². The van der Waals surface area contributed by atoms with Crippen LogP contribution >= 0.6 is 0 Å². The van der Waals surface area contributed by atoms with Crippen LogP contribution in [-0.4, -0.2) is 58.7 Å². The van der Waals surface area contributed by atoms with Crippen molar-refractivity contribution in [3.8, 4) is 0 Å². The van der Waals surface area contributed by atoms with E-state index in [4.69, 9.17) is 9.47 Å². The molecule has 2 atom stereocenters. The van der Waals surface area contributed by atoms with E-state index in [1.807, 2.05) is 39.5 Å². The second-order valence-corrected chi connectivity index (χ2v) is 11.1. The largest absolute Gasteiger partial charge is 0.598 e. The maximum absolute atomic E-state index is 12.2. The number of nitrogens with one attached hydrogen (secondary N) is 1. The number of likely N-dealkylation sites (tertiary alicyclic amines) is 1. The van der Waals surface area contributed by atoms with Crippen molar-refractivity contribution >= 4 is 17.5 Å². The van der Waals surface area contributed by atoms with Gasteiger partial charge in [0.2, 0.25) is 0 Å². The second kappa shape index (κ2) is 7.62. The average molecular weight is 375 g/mol. The third-order valence-electron chi connectivity index (χ3n) is 5.17. The Labute approximate surface area is 155 Å². The van der Waals surface area contributed by atoms with E-state index in [1.165, 1.54) is 0 Å². The van der Waals surface area contributed by atoms with Crippen molar-refractivity contribution in [2.24, 2.45) is 5.41 Å². The molecule has 6 nitrogen and oxygen atoms in total. The smallest absolute Gasteiger partial charge is 0.410 e. The molecule has 0 bridgehead atoms. The predicted octanol–water partition coefficient (Wildman–Crippen LogP) is 2.84. The summed E-state index contributed by atoms with van der Waals surface area (Å²) in [6.07, 6.45) is 3.57. The zero-order chi connectivity index (χ0) is 18.9. The number of rotatable bonds is 4. The lowest BCUT2D eigenvalue weighted by molar-refractivity contribution is 0.00769.